The smallest absolute Gasteiger partial charge is 0.0542 e. The van der Waals surface area contributed by atoms with Crippen LogP contribution < -0.4 is 0 Å². The van der Waals surface area contributed by atoms with Crippen molar-refractivity contribution in [2.45, 2.75) is 62.7 Å². The van der Waals surface area contributed by atoms with E-state index in [0.29, 0.717) is 0 Å². The number of halogens is 1. The van der Waals surface area contributed by atoms with Gasteiger partial charge in [0.25, 0.3) is 0 Å². The quantitative estimate of drug-likeness (QED) is 0.222. The highest BCUT2D eigenvalue weighted by atomic mass is 35.5. The molecule has 0 aliphatic heterocycles. The third-order valence-corrected chi connectivity index (χ3v) is 5.69. The normalized spacial score (nSPS) is 12.7. The van der Waals surface area contributed by atoms with Crippen LogP contribution in [0.5, 0.6) is 0 Å². The Balaban J connectivity index is 2.19. The number of alkyl halides is 1. The molecule has 0 nitrogen and oxygen atoms in total. The standard InChI is InChI=1S/C24H31Cl/c1-3-5-6-7-8-15-20-23(25)24(4-2,21-16-11-9-12-17-21)22-18-13-10-14-19-22/h4,9-14,16-19,23H,2-3,5-8,15,20H2,1H3. The van der Waals surface area contributed by atoms with Crippen molar-refractivity contribution in [2.75, 3.05) is 0 Å². The van der Waals surface area contributed by atoms with Gasteiger partial charge in [-0.25, -0.2) is 0 Å². The average molecular weight is 355 g/mol. The van der Waals surface area contributed by atoms with Crippen LogP contribution >= 0.6 is 11.6 Å². The van der Waals surface area contributed by atoms with Crippen molar-refractivity contribution in [2.24, 2.45) is 0 Å². The van der Waals surface area contributed by atoms with E-state index >= 15 is 0 Å². The number of hydrogen-bond acceptors (Lipinski definition) is 0. The Morgan fingerprint density at radius 2 is 1.32 bits per heavy atom. The molecule has 0 aliphatic rings. The van der Waals surface area contributed by atoms with E-state index < -0.39 is 0 Å². The molecule has 0 N–H and O–H groups in total. The van der Waals surface area contributed by atoms with E-state index in [1.807, 2.05) is 6.08 Å². The van der Waals surface area contributed by atoms with E-state index in [9.17, 15) is 0 Å². The lowest BCUT2D eigenvalue weighted by Gasteiger charge is -2.36. The van der Waals surface area contributed by atoms with E-state index in [0.717, 1.165) is 6.42 Å². The second-order valence-corrected chi connectivity index (χ2v) is 7.36. The third kappa shape index (κ3) is 4.98. The predicted molar refractivity (Wildman–Crippen MR) is 111 cm³/mol. The maximum atomic E-state index is 7.04. The molecule has 2 rings (SSSR count). The summed E-state index contributed by atoms with van der Waals surface area (Å²) in [7, 11) is 0. The second-order valence-electron chi connectivity index (χ2n) is 6.83. The Bertz CT molecular complexity index is 563. The zero-order valence-corrected chi connectivity index (χ0v) is 16.2. The summed E-state index contributed by atoms with van der Waals surface area (Å²) >= 11 is 7.04. The highest BCUT2D eigenvalue weighted by Gasteiger charge is 2.38. The SMILES string of the molecule is C=CC(c1ccccc1)(c1ccccc1)C(Cl)CCCCCCCC. The van der Waals surface area contributed by atoms with Gasteiger partial charge in [-0.05, 0) is 17.5 Å². The van der Waals surface area contributed by atoms with Gasteiger partial charge in [-0.3, -0.25) is 0 Å². The molecule has 0 bridgehead atoms. The fourth-order valence-electron chi connectivity index (χ4n) is 3.65. The topological polar surface area (TPSA) is 0 Å². The third-order valence-electron chi connectivity index (χ3n) is 5.13. The van der Waals surface area contributed by atoms with Gasteiger partial charge < -0.3 is 0 Å². The first kappa shape index (κ1) is 19.8. The monoisotopic (exact) mass is 354 g/mol. The van der Waals surface area contributed by atoms with E-state index in [4.69, 9.17) is 11.6 Å². The Morgan fingerprint density at radius 1 is 0.840 bits per heavy atom. The van der Waals surface area contributed by atoms with Crippen molar-refractivity contribution >= 4 is 11.6 Å². The molecule has 2 aromatic carbocycles. The maximum Gasteiger partial charge on any atom is 0.0542 e. The minimum atomic E-state index is -0.340. The fraction of sp³-hybridized carbons (Fsp3) is 0.417. The summed E-state index contributed by atoms with van der Waals surface area (Å²) in [4.78, 5) is 0. The van der Waals surface area contributed by atoms with Crippen LogP contribution in [-0.2, 0) is 5.41 Å². The zero-order chi connectivity index (χ0) is 18.0. The molecule has 0 saturated heterocycles. The molecule has 1 unspecified atom stereocenters. The summed E-state index contributed by atoms with van der Waals surface area (Å²) in [6.45, 7) is 6.45. The molecule has 0 spiro atoms. The number of rotatable bonds is 11. The molecule has 25 heavy (non-hydrogen) atoms. The first-order chi connectivity index (χ1) is 12.3. The summed E-state index contributed by atoms with van der Waals surface area (Å²) in [5.41, 5.74) is 2.11. The molecular formula is C24H31Cl. The van der Waals surface area contributed by atoms with Crippen molar-refractivity contribution in [3.05, 3.63) is 84.4 Å². The Kier molecular flexibility index (Phi) is 8.28. The molecule has 0 fully saturated rings. The van der Waals surface area contributed by atoms with Crippen LogP contribution in [0.15, 0.2) is 73.3 Å². The molecule has 1 heteroatoms. The van der Waals surface area contributed by atoms with Gasteiger partial charge in [-0.2, -0.15) is 0 Å². The molecule has 0 amide bonds. The van der Waals surface area contributed by atoms with E-state index in [2.05, 4.69) is 74.2 Å². The highest BCUT2D eigenvalue weighted by Crippen LogP contribution is 2.41. The Morgan fingerprint density at radius 3 is 1.80 bits per heavy atom. The maximum absolute atomic E-state index is 7.04. The van der Waals surface area contributed by atoms with E-state index in [1.54, 1.807) is 0 Å². The lowest BCUT2D eigenvalue weighted by molar-refractivity contribution is 0.515. The van der Waals surface area contributed by atoms with Gasteiger partial charge in [0.2, 0.25) is 0 Å². The summed E-state index contributed by atoms with van der Waals surface area (Å²) in [5.74, 6) is 0. The van der Waals surface area contributed by atoms with Crippen LogP contribution in [-0.4, -0.2) is 5.38 Å². The van der Waals surface area contributed by atoms with Crippen molar-refractivity contribution in [1.82, 2.24) is 0 Å². The number of benzene rings is 2. The van der Waals surface area contributed by atoms with Gasteiger partial charge >= 0.3 is 0 Å². The minimum absolute atomic E-state index is 0.000903. The zero-order valence-electron chi connectivity index (χ0n) is 15.5. The summed E-state index contributed by atoms with van der Waals surface area (Å²) in [5, 5.41) is 0.000903. The van der Waals surface area contributed by atoms with Gasteiger partial charge in [-0.1, -0.05) is 112 Å². The lowest BCUT2D eigenvalue weighted by Crippen LogP contribution is -2.35. The molecule has 2 aromatic rings. The van der Waals surface area contributed by atoms with Crippen molar-refractivity contribution < 1.29 is 0 Å². The molecule has 0 radical (unpaired) electrons. The lowest BCUT2D eigenvalue weighted by atomic mass is 9.70. The minimum Gasteiger partial charge on any atom is -0.121 e. The van der Waals surface area contributed by atoms with Crippen LogP contribution in [0, 0.1) is 0 Å². The van der Waals surface area contributed by atoms with Crippen molar-refractivity contribution in [3.8, 4) is 0 Å². The number of unbranched alkanes of at least 4 members (excludes halogenated alkanes) is 5. The summed E-state index contributed by atoms with van der Waals surface area (Å²) < 4.78 is 0. The van der Waals surface area contributed by atoms with Gasteiger partial charge in [0.15, 0.2) is 0 Å². The van der Waals surface area contributed by atoms with E-state index in [-0.39, 0.29) is 10.8 Å². The van der Waals surface area contributed by atoms with Gasteiger partial charge in [0, 0.05) is 0 Å². The van der Waals surface area contributed by atoms with Crippen LogP contribution in [0.2, 0.25) is 0 Å². The molecule has 0 aliphatic carbocycles. The summed E-state index contributed by atoms with van der Waals surface area (Å²) in [6, 6.07) is 21.2. The van der Waals surface area contributed by atoms with Crippen LogP contribution in [0.4, 0.5) is 0 Å². The van der Waals surface area contributed by atoms with Crippen LogP contribution in [0.1, 0.15) is 63.0 Å². The average Bonchev–Trinajstić information content (AvgIpc) is 2.67. The summed E-state index contributed by atoms with van der Waals surface area (Å²) in [6.07, 6.45) is 10.8. The van der Waals surface area contributed by atoms with Gasteiger partial charge in [0.1, 0.15) is 0 Å². The predicted octanol–water partition coefficient (Wildman–Crippen LogP) is 7.52. The first-order valence-corrected chi connectivity index (χ1v) is 10.1. The largest absolute Gasteiger partial charge is 0.121 e. The fourth-order valence-corrected chi connectivity index (χ4v) is 4.15. The second kappa shape index (κ2) is 10.5. The van der Waals surface area contributed by atoms with E-state index in [1.165, 1.54) is 49.7 Å². The molecule has 134 valence electrons. The molecule has 0 aromatic heterocycles. The van der Waals surface area contributed by atoms with Crippen LogP contribution in [0.3, 0.4) is 0 Å². The molecule has 0 heterocycles. The number of allylic oxidation sites excluding steroid dienone is 1. The highest BCUT2D eigenvalue weighted by molar-refractivity contribution is 6.22. The Labute approximate surface area is 158 Å². The van der Waals surface area contributed by atoms with Gasteiger partial charge in [0.05, 0.1) is 10.8 Å². The Hall–Kier alpha value is -1.53. The van der Waals surface area contributed by atoms with Gasteiger partial charge in [-0.15, -0.1) is 18.2 Å². The van der Waals surface area contributed by atoms with Crippen LogP contribution in [0.25, 0.3) is 0 Å². The van der Waals surface area contributed by atoms with Crippen molar-refractivity contribution in [3.63, 3.8) is 0 Å². The molecular weight excluding hydrogens is 324 g/mol. The molecule has 1 atom stereocenters. The molecule has 0 saturated carbocycles. The number of hydrogen-bond donors (Lipinski definition) is 0. The van der Waals surface area contributed by atoms with Crippen molar-refractivity contribution in [1.29, 1.82) is 0 Å². The first-order valence-electron chi connectivity index (χ1n) is 9.64.